The molecule has 1 aromatic rings. The average molecular weight is 221 g/mol. The minimum atomic E-state index is 0.292. The lowest BCUT2D eigenvalue weighted by Crippen LogP contribution is -2.30. The van der Waals surface area contributed by atoms with Crippen LogP contribution in [0.3, 0.4) is 0 Å². The van der Waals surface area contributed by atoms with Crippen LogP contribution in [0.2, 0.25) is 0 Å². The number of rotatable bonds is 1. The molecule has 3 rings (SSSR count). The molecule has 3 heteroatoms. The number of nitrogens with zero attached hydrogens (tertiary/aromatic N) is 2. The maximum Gasteiger partial charge on any atom is 0.134 e. The van der Waals surface area contributed by atoms with Gasteiger partial charge in [-0.15, -0.1) is 0 Å². The number of nitriles is 1. The zero-order valence-electron chi connectivity index (χ0n) is 9.22. The van der Waals surface area contributed by atoms with E-state index in [0.717, 1.165) is 23.5 Å². The van der Waals surface area contributed by atoms with Crippen molar-refractivity contribution in [1.29, 1.82) is 5.26 Å². The van der Waals surface area contributed by atoms with Crippen molar-refractivity contribution < 1.29 is 0 Å². The Kier molecular flexibility index (Phi) is 2.27. The Balaban J connectivity index is 1.96. The maximum absolute atomic E-state index is 8.88. The van der Waals surface area contributed by atoms with Crippen LogP contribution in [0.15, 0.2) is 53.2 Å². The average Bonchev–Trinajstić information content (AvgIpc) is 2.82. The van der Waals surface area contributed by atoms with Crippen molar-refractivity contribution in [3.05, 3.63) is 59.3 Å². The monoisotopic (exact) mass is 221 g/mol. The maximum atomic E-state index is 8.88. The molecule has 82 valence electrons. The molecule has 1 unspecified atom stereocenters. The smallest absolute Gasteiger partial charge is 0.134 e. The molecule has 0 aromatic heterocycles. The molecule has 0 fully saturated rings. The van der Waals surface area contributed by atoms with Crippen LogP contribution < -0.4 is 5.32 Å². The van der Waals surface area contributed by atoms with E-state index in [9.17, 15) is 0 Å². The number of nitrogens with one attached hydrogen (secondary N) is 1. The Morgan fingerprint density at radius 3 is 3.18 bits per heavy atom. The van der Waals surface area contributed by atoms with E-state index in [1.165, 1.54) is 0 Å². The van der Waals surface area contributed by atoms with Crippen molar-refractivity contribution in [1.82, 2.24) is 5.32 Å². The van der Waals surface area contributed by atoms with E-state index < -0.39 is 0 Å². The predicted molar refractivity (Wildman–Crippen MR) is 66.5 cm³/mol. The number of hydrogen-bond donors (Lipinski definition) is 1. The van der Waals surface area contributed by atoms with Gasteiger partial charge in [0.15, 0.2) is 0 Å². The summed E-state index contributed by atoms with van der Waals surface area (Å²) in [7, 11) is 0. The number of benzene rings is 1. The summed E-state index contributed by atoms with van der Waals surface area (Å²) in [6, 6.07) is 9.94. The van der Waals surface area contributed by atoms with Crippen LogP contribution in [-0.2, 0) is 0 Å². The molecule has 0 amide bonds. The first-order chi connectivity index (χ1) is 8.36. The minimum Gasteiger partial charge on any atom is -0.361 e. The first-order valence-electron chi connectivity index (χ1n) is 5.59. The number of aliphatic imine (C=N–C) groups is 1. The standard InChI is InChI=1S/C14H11N3/c15-9-10-4-3-5-11(8-10)14-16-12-6-1-2-7-13(12)17-14/h1-6,8,13H,7H2,(H,16,17). The molecule has 1 N–H and O–H groups in total. The SMILES string of the molecule is N#Cc1cccc(C2=NC3=CC=CCC3N2)c1. The third-order valence-electron chi connectivity index (χ3n) is 2.95. The third-order valence-corrected chi connectivity index (χ3v) is 2.95. The van der Waals surface area contributed by atoms with Gasteiger partial charge >= 0.3 is 0 Å². The molecular formula is C14H11N3. The number of hydrogen-bond acceptors (Lipinski definition) is 3. The summed E-state index contributed by atoms with van der Waals surface area (Å²) in [4.78, 5) is 4.56. The molecule has 1 aliphatic carbocycles. The lowest BCUT2D eigenvalue weighted by atomic mass is 10.1. The fourth-order valence-corrected chi connectivity index (χ4v) is 2.08. The highest BCUT2D eigenvalue weighted by molar-refractivity contribution is 6.01. The molecule has 1 atom stereocenters. The summed E-state index contributed by atoms with van der Waals surface area (Å²) in [6.07, 6.45) is 7.16. The Hall–Kier alpha value is -2.34. The zero-order valence-corrected chi connectivity index (χ0v) is 9.22. The minimum absolute atomic E-state index is 0.292. The van der Waals surface area contributed by atoms with Crippen molar-refractivity contribution in [2.75, 3.05) is 0 Å². The molecule has 3 nitrogen and oxygen atoms in total. The highest BCUT2D eigenvalue weighted by Crippen LogP contribution is 2.21. The molecule has 17 heavy (non-hydrogen) atoms. The van der Waals surface area contributed by atoms with Gasteiger partial charge in [0.2, 0.25) is 0 Å². The van der Waals surface area contributed by atoms with Gasteiger partial charge in [-0.3, -0.25) is 0 Å². The van der Waals surface area contributed by atoms with Crippen LogP contribution in [0.5, 0.6) is 0 Å². The normalized spacial score (nSPS) is 21.0. The highest BCUT2D eigenvalue weighted by atomic mass is 15.1. The number of fused-ring (bicyclic) bond motifs is 1. The van der Waals surface area contributed by atoms with E-state index in [0.29, 0.717) is 11.6 Å². The molecule has 0 saturated carbocycles. The molecule has 1 heterocycles. The van der Waals surface area contributed by atoms with Gasteiger partial charge in [0.25, 0.3) is 0 Å². The van der Waals surface area contributed by atoms with Crippen molar-refractivity contribution in [2.24, 2.45) is 4.99 Å². The molecule has 0 bridgehead atoms. The topological polar surface area (TPSA) is 48.2 Å². The second kappa shape index (κ2) is 3.91. The quantitative estimate of drug-likeness (QED) is 0.789. The van der Waals surface area contributed by atoms with Gasteiger partial charge in [0, 0.05) is 5.56 Å². The van der Waals surface area contributed by atoms with Gasteiger partial charge in [-0.25, -0.2) is 4.99 Å². The van der Waals surface area contributed by atoms with Crippen molar-refractivity contribution in [3.63, 3.8) is 0 Å². The molecule has 2 aliphatic rings. The highest BCUT2D eigenvalue weighted by Gasteiger charge is 2.23. The summed E-state index contributed by atoms with van der Waals surface area (Å²) in [5.74, 6) is 0.863. The second-order valence-corrected chi connectivity index (χ2v) is 4.11. The van der Waals surface area contributed by atoms with E-state index in [-0.39, 0.29) is 0 Å². The van der Waals surface area contributed by atoms with Crippen LogP contribution in [0.1, 0.15) is 17.5 Å². The van der Waals surface area contributed by atoms with Gasteiger partial charge in [-0.1, -0.05) is 24.3 Å². The van der Waals surface area contributed by atoms with Crippen molar-refractivity contribution in [3.8, 4) is 6.07 Å². The van der Waals surface area contributed by atoms with Crippen molar-refractivity contribution in [2.45, 2.75) is 12.5 Å². The molecule has 0 radical (unpaired) electrons. The first-order valence-corrected chi connectivity index (χ1v) is 5.59. The summed E-state index contributed by atoms with van der Waals surface area (Å²) in [6.45, 7) is 0. The van der Waals surface area contributed by atoms with E-state index in [4.69, 9.17) is 5.26 Å². The molecule has 0 spiro atoms. The molecule has 0 saturated heterocycles. The number of amidine groups is 1. The second-order valence-electron chi connectivity index (χ2n) is 4.11. The predicted octanol–water partition coefficient (Wildman–Crippen LogP) is 2.12. The van der Waals surface area contributed by atoms with Gasteiger partial charge in [-0.05, 0) is 24.6 Å². The van der Waals surface area contributed by atoms with E-state index in [1.807, 2.05) is 30.4 Å². The Labute approximate surface area is 99.8 Å². The van der Waals surface area contributed by atoms with Crippen LogP contribution in [0.25, 0.3) is 0 Å². The van der Waals surface area contributed by atoms with E-state index in [2.05, 4.69) is 22.5 Å². The van der Waals surface area contributed by atoms with Crippen molar-refractivity contribution >= 4 is 5.84 Å². The van der Waals surface area contributed by atoms with Gasteiger partial charge in [0.1, 0.15) is 5.84 Å². The first kappa shape index (κ1) is 9.86. The summed E-state index contributed by atoms with van der Waals surface area (Å²) in [5, 5.41) is 12.3. The summed E-state index contributed by atoms with van der Waals surface area (Å²) in [5.41, 5.74) is 2.71. The zero-order chi connectivity index (χ0) is 11.7. The van der Waals surface area contributed by atoms with Crippen LogP contribution in [0.4, 0.5) is 0 Å². The lowest BCUT2D eigenvalue weighted by molar-refractivity contribution is 0.722. The van der Waals surface area contributed by atoms with E-state index >= 15 is 0 Å². The van der Waals surface area contributed by atoms with Crippen LogP contribution in [-0.4, -0.2) is 11.9 Å². The fraction of sp³-hybridized carbons (Fsp3) is 0.143. The van der Waals surface area contributed by atoms with Gasteiger partial charge in [0.05, 0.1) is 23.4 Å². The summed E-state index contributed by atoms with van der Waals surface area (Å²) < 4.78 is 0. The molecule has 1 aromatic carbocycles. The van der Waals surface area contributed by atoms with Crippen LogP contribution in [0, 0.1) is 11.3 Å². The van der Waals surface area contributed by atoms with Gasteiger partial charge < -0.3 is 5.32 Å². The Morgan fingerprint density at radius 1 is 1.41 bits per heavy atom. The fourth-order valence-electron chi connectivity index (χ4n) is 2.08. The van der Waals surface area contributed by atoms with E-state index in [1.54, 1.807) is 6.07 Å². The molecular weight excluding hydrogens is 210 g/mol. The Morgan fingerprint density at radius 2 is 2.35 bits per heavy atom. The number of allylic oxidation sites excluding steroid dienone is 2. The Bertz CT molecular complexity index is 588. The molecule has 1 aliphatic heterocycles. The largest absolute Gasteiger partial charge is 0.361 e. The van der Waals surface area contributed by atoms with Crippen LogP contribution >= 0.6 is 0 Å². The third kappa shape index (κ3) is 1.74. The van der Waals surface area contributed by atoms with Gasteiger partial charge in [-0.2, -0.15) is 5.26 Å². The summed E-state index contributed by atoms with van der Waals surface area (Å²) >= 11 is 0. The lowest BCUT2D eigenvalue weighted by Gasteiger charge is -2.12.